The van der Waals surface area contributed by atoms with Gasteiger partial charge in [-0.25, -0.2) is 9.79 Å². The number of hydrogen-bond acceptors (Lipinski definition) is 4. The van der Waals surface area contributed by atoms with Crippen LogP contribution in [-0.2, 0) is 16.0 Å². The van der Waals surface area contributed by atoms with E-state index in [1.165, 1.54) is 18.4 Å². The van der Waals surface area contributed by atoms with Crippen LogP contribution in [0.4, 0.5) is 0 Å². The highest BCUT2D eigenvalue weighted by molar-refractivity contribution is 6.12. The summed E-state index contributed by atoms with van der Waals surface area (Å²) in [5.74, 6) is 0.731. The molecule has 0 saturated carbocycles. The normalized spacial score (nSPS) is 15.1. The molecule has 26 heavy (non-hydrogen) atoms. The number of aliphatic imine (C=N–C) groups is 1. The predicted molar refractivity (Wildman–Crippen MR) is 103 cm³/mol. The Hall–Kier alpha value is -2.88. The van der Waals surface area contributed by atoms with Crippen molar-refractivity contribution < 1.29 is 14.3 Å². The zero-order valence-electron chi connectivity index (χ0n) is 15.2. The van der Waals surface area contributed by atoms with Crippen LogP contribution in [0.3, 0.4) is 0 Å². The van der Waals surface area contributed by atoms with E-state index in [4.69, 9.17) is 9.47 Å². The van der Waals surface area contributed by atoms with Crippen molar-refractivity contribution in [2.75, 3.05) is 6.61 Å². The fourth-order valence-corrected chi connectivity index (χ4v) is 2.71. The first kappa shape index (κ1) is 17.9. The summed E-state index contributed by atoms with van der Waals surface area (Å²) < 4.78 is 10.8. The predicted octanol–water partition coefficient (Wildman–Crippen LogP) is 4.77. The van der Waals surface area contributed by atoms with Crippen molar-refractivity contribution in [3.05, 3.63) is 70.9 Å². The molecule has 0 fully saturated rings. The quantitative estimate of drug-likeness (QED) is 0.534. The number of rotatable bonds is 7. The molecule has 0 amide bonds. The van der Waals surface area contributed by atoms with Gasteiger partial charge in [0, 0.05) is 5.56 Å². The Bertz CT molecular complexity index is 817. The van der Waals surface area contributed by atoms with E-state index in [-0.39, 0.29) is 0 Å². The number of hydrogen-bond donors (Lipinski definition) is 0. The van der Waals surface area contributed by atoms with Crippen LogP contribution in [0.5, 0.6) is 5.75 Å². The molecule has 2 aromatic carbocycles. The molecule has 4 heteroatoms. The maximum atomic E-state index is 12.1. The Morgan fingerprint density at radius 3 is 2.42 bits per heavy atom. The average Bonchev–Trinajstić information content (AvgIpc) is 3.03. The summed E-state index contributed by atoms with van der Waals surface area (Å²) in [4.78, 5) is 16.5. The van der Waals surface area contributed by atoms with Crippen LogP contribution >= 0.6 is 0 Å². The lowest BCUT2D eigenvalue weighted by molar-refractivity contribution is -0.129. The standard InChI is InChI=1S/C22H23NO3/c1-3-5-6-16-7-11-18(12-8-16)21-23-20(22(24)26-21)15-17-9-13-19(14-10-17)25-4-2/h7-15H,3-6H2,1-2H3. The van der Waals surface area contributed by atoms with Crippen LogP contribution in [0.1, 0.15) is 43.4 Å². The van der Waals surface area contributed by atoms with Crippen LogP contribution in [0.15, 0.2) is 59.2 Å². The topological polar surface area (TPSA) is 47.9 Å². The Morgan fingerprint density at radius 2 is 1.77 bits per heavy atom. The number of esters is 1. The number of cyclic esters (lactones) is 1. The molecule has 1 aliphatic rings. The molecule has 0 bridgehead atoms. The van der Waals surface area contributed by atoms with Crippen LogP contribution < -0.4 is 4.74 Å². The fraction of sp³-hybridized carbons (Fsp3) is 0.273. The highest BCUT2D eigenvalue weighted by Gasteiger charge is 2.24. The molecule has 0 radical (unpaired) electrons. The fourth-order valence-electron chi connectivity index (χ4n) is 2.71. The van der Waals surface area contributed by atoms with Gasteiger partial charge in [0.05, 0.1) is 6.61 Å². The van der Waals surface area contributed by atoms with Gasteiger partial charge in [0.15, 0.2) is 5.70 Å². The second-order valence-electron chi connectivity index (χ2n) is 6.14. The molecule has 0 N–H and O–H groups in total. The Morgan fingerprint density at radius 1 is 1.04 bits per heavy atom. The third-order valence-electron chi connectivity index (χ3n) is 4.13. The minimum absolute atomic E-state index is 0.305. The summed E-state index contributed by atoms with van der Waals surface area (Å²) in [5, 5.41) is 0. The third kappa shape index (κ3) is 4.39. The molecule has 0 aliphatic carbocycles. The third-order valence-corrected chi connectivity index (χ3v) is 4.13. The summed E-state index contributed by atoms with van der Waals surface area (Å²) in [6.07, 6.45) is 5.13. The van der Waals surface area contributed by atoms with E-state index < -0.39 is 5.97 Å². The Balaban J connectivity index is 1.75. The molecule has 0 spiro atoms. The van der Waals surface area contributed by atoms with Gasteiger partial charge in [-0.3, -0.25) is 0 Å². The number of unbranched alkanes of at least 4 members (excludes halogenated alkanes) is 1. The molecule has 2 aromatic rings. The van der Waals surface area contributed by atoms with Gasteiger partial charge in [-0.05, 0) is 61.2 Å². The number of benzene rings is 2. The lowest BCUT2D eigenvalue weighted by Crippen LogP contribution is -2.05. The van der Waals surface area contributed by atoms with Gasteiger partial charge in [-0.15, -0.1) is 0 Å². The van der Waals surface area contributed by atoms with Crippen molar-refractivity contribution in [2.24, 2.45) is 4.99 Å². The molecular formula is C22H23NO3. The van der Waals surface area contributed by atoms with Gasteiger partial charge in [0.1, 0.15) is 5.75 Å². The Kier molecular flexibility index (Phi) is 5.84. The molecule has 0 saturated heterocycles. The van der Waals surface area contributed by atoms with Crippen molar-refractivity contribution in [2.45, 2.75) is 33.1 Å². The number of carbonyl (C=O) groups is 1. The smallest absolute Gasteiger partial charge is 0.363 e. The first-order chi connectivity index (χ1) is 12.7. The largest absolute Gasteiger partial charge is 0.494 e. The van der Waals surface area contributed by atoms with Gasteiger partial charge in [-0.2, -0.15) is 0 Å². The monoisotopic (exact) mass is 349 g/mol. The van der Waals surface area contributed by atoms with Crippen molar-refractivity contribution in [1.29, 1.82) is 0 Å². The molecule has 3 rings (SSSR count). The zero-order valence-corrected chi connectivity index (χ0v) is 15.2. The van der Waals surface area contributed by atoms with E-state index >= 15 is 0 Å². The minimum atomic E-state index is -0.427. The first-order valence-corrected chi connectivity index (χ1v) is 9.04. The van der Waals surface area contributed by atoms with Gasteiger partial charge >= 0.3 is 5.97 Å². The molecule has 1 heterocycles. The summed E-state index contributed by atoms with van der Waals surface area (Å²) >= 11 is 0. The summed E-state index contributed by atoms with van der Waals surface area (Å²) in [7, 11) is 0. The van der Waals surface area contributed by atoms with E-state index in [1.54, 1.807) is 6.08 Å². The molecule has 4 nitrogen and oxygen atoms in total. The Labute approximate surface area is 154 Å². The molecule has 1 aliphatic heterocycles. The van der Waals surface area contributed by atoms with E-state index in [2.05, 4.69) is 24.0 Å². The summed E-state index contributed by atoms with van der Waals surface area (Å²) in [6.45, 7) is 4.74. The van der Waals surface area contributed by atoms with Gasteiger partial charge in [-0.1, -0.05) is 37.6 Å². The van der Waals surface area contributed by atoms with Gasteiger partial charge < -0.3 is 9.47 Å². The second kappa shape index (κ2) is 8.48. The van der Waals surface area contributed by atoms with Crippen LogP contribution in [0.25, 0.3) is 6.08 Å². The highest BCUT2D eigenvalue weighted by Crippen LogP contribution is 2.21. The number of carbonyl (C=O) groups excluding carboxylic acids is 1. The molecular weight excluding hydrogens is 326 g/mol. The van der Waals surface area contributed by atoms with E-state index in [1.807, 2.05) is 43.3 Å². The van der Waals surface area contributed by atoms with Crippen LogP contribution in [0, 0.1) is 0 Å². The first-order valence-electron chi connectivity index (χ1n) is 9.04. The average molecular weight is 349 g/mol. The second-order valence-corrected chi connectivity index (χ2v) is 6.14. The van der Waals surface area contributed by atoms with Crippen molar-refractivity contribution in [3.63, 3.8) is 0 Å². The summed E-state index contributed by atoms with van der Waals surface area (Å²) in [6, 6.07) is 15.6. The van der Waals surface area contributed by atoms with E-state index in [0.717, 1.165) is 23.3 Å². The highest BCUT2D eigenvalue weighted by atomic mass is 16.6. The number of ether oxygens (including phenoxy) is 2. The maximum Gasteiger partial charge on any atom is 0.363 e. The SMILES string of the molecule is CCCCc1ccc(C2=NC(=Cc3ccc(OCC)cc3)C(=O)O2)cc1. The van der Waals surface area contributed by atoms with E-state index in [0.29, 0.717) is 18.2 Å². The van der Waals surface area contributed by atoms with Crippen molar-refractivity contribution >= 4 is 17.9 Å². The lowest BCUT2D eigenvalue weighted by atomic mass is 10.1. The summed E-state index contributed by atoms with van der Waals surface area (Å²) in [5.41, 5.74) is 3.28. The molecule has 134 valence electrons. The molecule has 0 atom stereocenters. The number of aryl methyl sites for hydroxylation is 1. The van der Waals surface area contributed by atoms with Gasteiger partial charge in [0.25, 0.3) is 0 Å². The van der Waals surface area contributed by atoms with Crippen LogP contribution in [0.2, 0.25) is 0 Å². The zero-order chi connectivity index (χ0) is 18.4. The van der Waals surface area contributed by atoms with E-state index in [9.17, 15) is 4.79 Å². The molecule has 0 unspecified atom stereocenters. The van der Waals surface area contributed by atoms with Crippen molar-refractivity contribution in [3.8, 4) is 5.75 Å². The number of nitrogens with zero attached hydrogens (tertiary/aromatic N) is 1. The minimum Gasteiger partial charge on any atom is -0.494 e. The van der Waals surface area contributed by atoms with Gasteiger partial charge in [0.2, 0.25) is 5.90 Å². The van der Waals surface area contributed by atoms with Crippen molar-refractivity contribution in [1.82, 2.24) is 0 Å². The lowest BCUT2D eigenvalue weighted by Gasteiger charge is -2.02. The van der Waals surface area contributed by atoms with Crippen LogP contribution in [-0.4, -0.2) is 18.5 Å². The maximum absolute atomic E-state index is 12.1. The molecule has 0 aromatic heterocycles.